The fourth-order valence-corrected chi connectivity index (χ4v) is 5.70. The minimum Gasteiger partial charge on any atom is -0.508 e. The number of nitrogens with zero attached hydrogens (tertiary/aromatic N) is 2. The molecule has 1 amide bonds. The summed E-state index contributed by atoms with van der Waals surface area (Å²) in [6.45, 7) is 1.24. The van der Waals surface area contributed by atoms with Gasteiger partial charge in [0.15, 0.2) is 0 Å². The summed E-state index contributed by atoms with van der Waals surface area (Å²) in [5.41, 5.74) is 0.811. The molecule has 9 heteroatoms. The maximum Gasteiger partial charge on any atom is 0.252 e. The van der Waals surface area contributed by atoms with Crippen LogP contribution in [0, 0.1) is 0 Å². The lowest BCUT2D eigenvalue weighted by atomic mass is 10.1. The number of phenols is 1. The molecule has 134 valence electrons. The zero-order chi connectivity index (χ0) is 18.0. The minimum atomic E-state index is -3.55. The first kappa shape index (κ1) is 18.2. The maximum atomic E-state index is 12.6. The lowest BCUT2D eigenvalue weighted by Crippen LogP contribution is -2.50. The Morgan fingerprint density at radius 1 is 1.08 bits per heavy atom. The van der Waals surface area contributed by atoms with E-state index in [1.54, 1.807) is 35.2 Å². The number of phenolic OH excluding ortho intramolecular Hbond substituents is 1. The van der Waals surface area contributed by atoms with Gasteiger partial charge in [0.1, 0.15) is 9.96 Å². The molecule has 0 aliphatic carbocycles. The number of rotatable bonds is 4. The van der Waals surface area contributed by atoms with Crippen molar-refractivity contribution in [1.29, 1.82) is 0 Å². The lowest BCUT2D eigenvalue weighted by molar-refractivity contribution is -0.131. The number of hydrogen-bond acceptors (Lipinski definition) is 5. The smallest absolute Gasteiger partial charge is 0.252 e. The second kappa shape index (κ2) is 7.33. The van der Waals surface area contributed by atoms with E-state index in [2.05, 4.69) is 0 Å². The highest BCUT2D eigenvalue weighted by molar-refractivity contribution is 7.91. The molecular formula is C16H17ClN2O4S2. The molecule has 3 rings (SSSR count). The van der Waals surface area contributed by atoms with Gasteiger partial charge in [0.05, 0.1) is 10.8 Å². The minimum absolute atomic E-state index is 0.0538. The third kappa shape index (κ3) is 4.14. The highest BCUT2D eigenvalue weighted by atomic mass is 35.5. The second-order valence-corrected chi connectivity index (χ2v) is 9.57. The summed E-state index contributed by atoms with van der Waals surface area (Å²) in [5.74, 6) is 0.102. The molecule has 6 nitrogen and oxygen atoms in total. The van der Waals surface area contributed by atoms with E-state index >= 15 is 0 Å². The molecule has 0 spiro atoms. The summed E-state index contributed by atoms with van der Waals surface area (Å²) in [5, 5.41) is 9.28. The number of piperazine rings is 1. The van der Waals surface area contributed by atoms with Crippen LogP contribution < -0.4 is 0 Å². The summed E-state index contributed by atoms with van der Waals surface area (Å²) in [4.78, 5) is 14.0. The van der Waals surface area contributed by atoms with Gasteiger partial charge in [0.25, 0.3) is 10.0 Å². The van der Waals surface area contributed by atoms with Crippen molar-refractivity contribution >= 4 is 38.9 Å². The molecule has 0 saturated carbocycles. The molecule has 2 heterocycles. The van der Waals surface area contributed by atoms with Crippen molar-refractivity contribution in [3.8, 4) is 5.75 Å². The largest absolute Gasteiger partial charge is 0.508 e. The topological polar surface area (TPSA) is 77.9 Å². The zero-order valence-electron chi connectivity index (χ0n) is 13.3. The Kier molecular flexibility index (Phi) is 5.33. The third-order valence-electron chi connectivity index (χ3n) is 4.03. The molecule has 1 aromatic heterocycles. The molecule has 1 fully saturated rings. The normalized spacial score (nSPS) is 16.1. The quantitative estimate of drug-likeness (QED) is 0.853. The number of halogens is 1. The van der Waals surface area contributed by atoms with Gasteiger partial charge in [-0.05, 0) is 29.8 Å². The number of amides is 1. The third-order valence-corrected chi connectivity index (χ3v) is 7.62. The number of carbonyl (C=O) groups is 1. The van der Waals surface area contributed by atoms with Crippen LogP contribution in [0.2, 0.25) is 4.34 Å². The average molecular weight is 401 g/mol. The van der Waals surface area contributed by atoms with Gasteiger partial charge in [-0.1, -0.05) is 23.7 Å². The Balaban J connectivity index is 1.59. The molecular weight excluding hydrogens is 384 g/mol. The molecule has 0 atom stereocenters. The van der Waals surface area contributed by atoms with Crippen LogP contribution in [0.15, 0.2) is 40.6 Å². The zero-order valence-corrected chi connectivity index (χ0v) is 15.6. The summed E-state index contributed by atoms with van der Waals surface area (Å²) in [6, 6.07) is 9.56. The van der Waals surface area contributed by atoms with Crippen molar-refractivity contribution in [1.82, 2.24) is 9.21 Å². The van der Waals surface area contributed by atoms with E-state index in [1.807, 2.05) is 0 Å². The number of hydrogen-bond donors (Lipinski definition) is 1. The van der Waals surface area contributed by atoms with Gasteiger partial charge in [-0.15, -0.1) is 11.3 Å². The Morgan fingerprint density at radius 2 is 1.72 bits per heavy atom. The van der Waals surface area contributed by atoms with Crippen LogP contribution in [0.25, 0.3) is 0 Å². The first-order valence-electron chi connectivity index (χ1n) is 7.67. The average Bonchev–Trinajstić information content (AvgIpc) is 3.04. The van der Waals surface area contributed by atoms with E-state index < -0.39 is 10.0 Å². The molecule has 1 saturated heterocycles. The van der Waals surface area contributed by atoms with Gasteiger partial charge in [-0.25, -0.2) is 8.42 Å². The molecule has 1 N–H and O–H groups in total. The van der Waals surface area contributed by atoms with Crippen LogP contribution in [0.3, 0.4) is 0 Å². The molecule has 0 bridgehead atoms. The van der Waals surface area contributed by atoms with Gasteiger partial charge in [-0.3, -0.25) is 4.79 Å². The van der Waals surface area contributed by atoms with Crippen molar-refractivity contribution in [2.75, 3.05) is 26.2 Å². The summed E-state index contributed by atoms with van der Waals surface area (Å²) < 4.78 is 27.1. The van der Waals surface area contributed by atoms with Gasteiger partial charge < -0.3 is 10.0 Å². The molecule has 1 aromatic carbocycles. The van der Waals surface area contributed by atoms with Gasteiger partial charge in [-0.2, -0.15) is 4.31 Å². The highest BCUT2D eigenvalue weighted by Gasteiger charge is 2.31. The molecule has 0 unspecified atom stereocenters. The van der Waals surface area contributed by atoms with Crippen molar-refractivity contribution in [2.45, 2.75) is 10.6 Å². The van der Waals surface area contributed by atoms with Crippen molar-refractivity contribution in [2.24, 2.45) is 0 Å². The lowest BCUT2D eigenvalue weighted by Gasteiger charge is -2.33. The van der Waals surface area contributed by atoms with E-state index in [0.29, 0.717) is 17.4 Å². The fourth-order valence-electron chi connectivity index (χ4n) is 2.64. The monoisotopic (exact) mass is 400 g/mol. The first-order chi connectivity index (χ1) is 11.9. The Morgan fingerprint density at radius 3 is 2.28 bits per heavy atom. The molecule has 25 heavy (non-hydrogen) atoms. The number of thiophene rings is 1. The first-order valence-corrected chi connectivity index (χ1v) is 10.3. The Bertz CT molecular complexity index is 857. The highest BCUT2D eigenvalue weighted by Crippen LogP contribution is 2.28. The van der Waals surface area contributed by atoms with Crippen molar-refractivity contribution in [3.05, 3.63) is 46.3 Å². The maximum absolute atomic E-state index is 12.6. The van der Waals surface area contributed by atoms with E-state index in [-0.39, 0.29) is 35.4 Å². The van der Waals surface area contributed by atoms with E-state index in [1.165, 1.54) is 10.4 Å². The van der Waals surface area contributed by atoms with Gasteiger partial charge in [0, 0.05) is 26.2 Å². The van der Waals surface area contributed by atoms with Crippen molar-refractivity contribution < 1.29 is 18.3 Å². The fraction of sp³-hybridized carbons (Fsp3) is 0.312. The van der Waals surface area contributed by atoms with Crippen LogP contribution >= 0.6 is 22.9 Å². The molecule has 0 radical (unpaired) electrons. The number of carbonyl (C=O) groups excluding carboxylic acids is 1. The summed E-state index contributed by atoms with van der Waals surface area (Å²) in [7, 11) is -3.55. The van der Waals surface area contributed by atoms with Crippen LogP contribution in [0.5, 0.6) is 5.75 Å². The predicted molar refractivity (Wildman–Crippen MR) is 96.5 cm³/mol. The van der Waals surface area contributed by atoms with E-state index in [4.69, 9.17) is 11.6 Å². The van der Waals surface area contributed by atoms with Crippen LogP contribution in [-0.2, 0) is 21.2 Å². The molecule has 2 aromatic rings. The van der Waals surface area contributed by atoms with E-state index in [0.717, 1.165) is 16.9 Å². The SMILES string of the molecule is O=C(Cc1ccc(O)cc1)N1CCN(S(=O)(=O)c2ccc(Cl)s2)CC1. The Labute approximate surface area is 155 Å². The van der Waals surface area contributed by atoms with Gasteiger partial charge in [0.2, 0.25) is 5.91 Å². The standard InChI is InChI=1S/C16H17ClN2O4S2/c17-14-5-6-16(24-14)25(22,23)19-9-7-18(8-10-19)15(21)11-12-1-3-13(20)4-2-12/h1-6,20H,7-11H2. The Hall–Kier alpha value is -1.61. The van der Waals surface area contributed by atoms with Crippen molar-refractivity contribution in [3.63, 3.8) is 0 Å². The predicted octanol–water partition coefficient (Wildman–Crippen LogP) is 2.18. The summed E-state index contributed by atoms with van der Waals surface area (Å²) in [6.07, 6.45) is 0.230. The molecule has 1 aliphatic heterocycles. The number of aromatic hydroxyl groups is 1. The second-order valence-electron chi connectivity index (χ2n) is 5.69. The van der Waals surface area contributed by atoms with Crippen LogP contribution in [0.1, 0.15) is 5.56 Å². The molecule has 1 aliphatic rings. The van der Waals surface area contributed by atoms with Gasteiger partial charge >= 0.3 is 0 Å². The van der Waals surface area contributed by atoms with Crippen LogP contribution in [0.4, 0.5) is 0 Å². The van der Waals surface area contributed by atoms with Crippen LogP contribution in [-0.4, -0.2) is 54.8 Å². The number of sulfonamides is 1. The number of benzene rings is 1. The van der Waals surface area contributed by atoms with E-state index in [9.17, 15) is 18.3 Å². The summed E-state index contributed by atoms with van der Waals surface area (Å²) >= 11 is 6.86.